The maximum atomic E-state index is 13.1. The van der Waals surface area contributed by atoms with Crippen molar-refractivity contribution in [1.29, 1.82) is 0 Å². The van der Waals surface area contributed by atoms with Gasteiger partial charge in [-0.15, -0.1) is 0 Å². The molecule has 14 heteroatoms. The second kappa shape index (κ2) is 12.8. The Morgan fingerprint density at radius 2 is 1.46 bits per heavy atom. The van der Waals surface area contributed by atoms with Gasteiger partial charge in [-0.2, -0.15) is 13.2 Å². The zero-order valence-electron chi connectivity index (χ0n) is 22.1. The molecule has 4 rings (SSSR count). The lowest BCUT2D eigenvalue weighted by Gasteiger charge is -2.38. The monoisotopic (exact) mass is 595 g/mol. The number of nitrogens with zero attached hydrogens (tertiary/aromatic N) is 2. The Bertz CT molecular complexity index is 1490. The summed E-state index contributed by atoms with van der Waals surface area (Å²) in [5, 5.41) is 16.6. The highest BCUT2D eigenvalue weighted by Gasteiger charge is 2.38. The summed E-state index contributed by atoms with van der Waals surface area (Å²) in [7, 11) is -2.27. The Kier molecular flexibility index (Phi) is 9.71. The molecule has 1 aliphatic rings. The van der Waals surface area contributed by atoms with Crippen LogP contribution < -0.4 is 19.3 Å². The number of rotatable bonds is 7. The number of aliphatic carboxylic acids is 1. The molecule has 10 nitrogen and oxygen atoms in total. The number of carbonyl (C=O) groups is 2. The molecule has 41 heavy (non-hydrogen) atoms. The second-order valence-electron chi connectivity index (χ2n) is 8.88. The molecule has 1 aliphatic heterocycles. The summed E-state index contributed by atoms with van der Waals surface area (Å²) in [5.41, 5.74) is 2.61. The van der Waals surface area contributed by atoms with Gasteiger partial charge in [0.05, 0.1) is 28.9 Å². The normalized spacial score (nSPS) is 13.6. The Morgan fingerprint density at radius 3 is 1.98 bits per heavy atom. The lowest BCUT2D eigenvalue weighted by atomic mass is 10.1. The van der Waals surface area contributed by atoms with E-state index in [1.54, 1.807) is 38.3 Å². The van der Waals surface area contributed by atoms with Crippen molar-refractivity contribution in [2.75, 3.05) is 47.8 Å². The van der Waals surface area contributed by atoms with E-state index in [4.69, 9.17) is 14.6 Å². The third kappa shape index (κ3) is 8.03. The number of carboxylic acids is 2. The molecule has 3 N–H and O–H groups in total. The van der Waals surface area contributed by atoms with Gasteiger partial charge in [-0.3, -0.25) is 4.72 Å². The Hall–Kier alpha value is -4.46. The number of anilines is 3. The number of hydrogen-bond donors (Lipinski definition) is 3. The minimum absolute atomic E-state index is 0.0168. The number of halogens is 3. The second-order valence-corrected chi connectivity index (χ2v) is 10.5. The van der Waals surface area contributed by atoms with Gasteiger partial charge < -0.3 is 24.7 Å². The number of sulfonamides is 1. The van der Waals surface area contributed by atoms with Crippen LogP contribution >= 0.6 is 0 Å². The molecule has 1 fully saturated rings. The van der Waals surface area contributed by atoms with Crippen molar-refractivity contribution in [1.82, 2.24) is 0 Å². The van der Waals surface area contributed by atoms with E-state index >= 15 is 0 Å². The molecule has 1 saturated heterocycles. The first-order chi connectivity index (χ1) is 19.2. The summed E-state index contributed by atoms with van der Waals surface area (Å²) >= 11 is 0. The van der Waals surface area contributed by atoms with Crippen molar-refractivity contribution in [3.05, 3.63) is 77.9 Å². The highest BCUT2D eigenvalue weighted by atomic mass is 32.2. The van der Waals surface area contributed by atoms with Gasteiger partial charge in [0.1, 0.15) is 5.75 Å². The van der Waals surface area contributed by atoms with Crippen LogP contribution in [-0.2, 0) is 14.8 Å². The maximum Gasteiger partial charge on any atom is 0.490 e. The number of piperazine rings is 1. The molecule has 0 aromatic heterocycles. The number of methoxy groups -OCH3 is 1. The summed E-state index contributed by atoms with van der Waals surface area (Å²) < 4.78 is 65.9. The highest BCUT2D eigenvalue weighted by molar-refractivity contribution is 7.92. The third-order valence-corrected chi connectivity index (χ3v) is 7.70. The van der Waals surface area contributed by atoms with E-state index in [1.165, 1.54) is 18.2 Å². The molecule has 0 unspecified atom stereocenters. The fraction of sp³-hybridized carbons (Fsp3) is 0.259. The predicted molar refractivity (Wildman–Crippen MR) is 146 cm³/mol. The van der Waals surface area contributed by atoms with E-state index in [1.807, 2.05) is 24.3 Å². The van der Waals surface area contributed by atoms with Crippen LogP contribution in [0.15, 0.2) is 71.6 Å². The van der Waals surface area contributed by atoms with E-state index in [9.17, 15) is 31.5 Å². The van der Waals surface area contributed by atoms with Crippen LogP contribution in [0.2, 0.25) is 0 Å². The number of nitrogens with one attached hydrogen (secondary N) is 1. The van der Waals surface area contributed by atoms with Gasteiger partial charge in [0.2, 0.25) is 0 Å². The van der Waals surface area contributed by atoms with Crippen molar-refractivity contribution in [3.8, 4) is 5.75 Å². The average molecular weight is 596 g/mol. The maximum absolute atomic E-state index is 13.1. The quantitative estimate of drug-likeness (QED) is 0.362. The summed E-state index contributed by atoms with van der Waals surface area (Å²) in [6, 6.07) is 19.1. The fourth-order valence-electron chi connectivity index (χ4n) is 4.08. The van der Waals surface area contributed by atoms with Crippen LogP contribution in [0.4, 0.5) is 30.2 Å². The third-order valence-electron chi connectivity index (χ3n) is 6.17. The molecular formula is C27H28F3N3O7S. The molecule has 0 radical (unpaired) electrons. The first-order valence-corrected chi connectivity index (χ1v) is 13.6. The number of ether oxygens (including phenoxy) is 1. The van der Waals surface area contributed by atoms with Gasteiger partial charge in [-0.05, 0) is 61.0 Å². The topological polar surface area (TPSA) is 136 Å². The molecule has 0 spiro atoms. The first kappa shape index (κ1) is 31.1. The fourth-order valence-corrected chi connectivity index (χ4v) is 5.40. The van der Waals surface area contributed by atoms with Crippen molar-refractivity contribution in [3.63, 3.8) is 0 Å². The van der Waals surface area contributed by atoms with Gasteiger partial charge in [0.15, 0.2) is 0 Å². The Balaban J connectivity index is 0.000000587. The summed E-state index contributed by atoms with van der Waals surface area (Å²) in [5.74, 6) is -3.08. The van der Waals surface area contributed by atoms with Crippen molar-refractivity contribution >= 4 is 39.0 Å². The van der Waals surface area contributed by atoms with E-state index in [0.717, 1.165) is 24.5 Å². The number of hydrogen-bond acceptors (Lipinski definition) is 7. The van der Waals surface area contributed by atoms with Crippen LogP contribution in [0, 0.1) is 6.92 Å². The lowest BCUT2D eigenvalue weighted by molar-refractivity contribution is -0.192. The van der Waals surface area contributed by atoms with Crippen LogP contribution in [-0.4, -0.2) is 70.0 Å². The molecule has 3 aromatic carbocycles. The van der Waals surface area contributed by atoms with Crippen molar-refractivity contribution in [2.24, 2.45) is 0 Å². The van der Waals surface area contributed by atoms with Crippen LogP contribution in [0.5, 0.6) is 5.75 Å². The Labute approximate surface area is 234 Å². The number of aromatic carboxylic acids is 1. The number of carboxylic acid groups (broad SMARTS) is 2. The highest BCUT2D eigenvalue weighted by Crippen LogP contribution is 2.32. The molecule has 220 valence electrons. The lowest BCUT2D eigenvalue weighted by Crippen LogP contribution is -2.46. The van der Waals surface area contributed by atoms with Gasteiger partial charge in [0.25, 0.3) is 10.0 Å². The SMILES string of the molecule is COc1ccc(N2CCN(c3ccc(C(=O)O)cc3NS(=O)(=O)c3ccccc3C)CC2)cc1.O=C(O)C(F)(F)F. The van der Waals surface area contributed by atoms with E-state index in [0.29, 0.717) is 24.3 Å². The number of benzene rings is 3. The molecule has 0 amide bonds. The standard InChI is InChI=1S/C25H27N3O5S.C2HF3O2/c1-18-5-3-4-6-24(18)34(31,32)26-22-17-19(25(29)30)7-12-23(22)28-15-13-27(14-16-28)20-8-10-21(33-2)11-9-20;3-2(4,5)1(6)7/h3-12,17,26H,13-16H2,1-2H3,(H,29,30);(H,6,7). The Morgan fingerprint density at radius 1 is 0.902 bits per heavy atom. The average Bonchev–Trinajstić information content (AvgIpc) is 2.93. The van der Waals surface area contributed by atoms with Crippen LogP contribution in [0.3, 0.4) is 0 Å². The van der Waals surface area contributed by atoms with E-state index < -0.39 is 28.1 Å². The first-order valence-electron chi connectivity index (χ1n) is 12.1. The minimum atomic E-state index is -5.08. The predicted octanol–water partition coefficient (Wildman–Crippen LogP) is 4.46. The van der Waals surface area contributed by atoms with Gasteiger partial charge in [-0.25, -0.2) is 18.0 Å². The molecule has 0 bridgehead atoms. The molecule has 3 aromatic rings. The minimum Gasteiger partial charge on any atom is -0.497 e. The summed E-state index contributed by atoms with van der Waals surface area (Å²) in [6.07, 6.45) is -5.08. The summed E-state index contributed by atoms with van der Waals surface area (Å²) in [4.78, 5) is 24.9. The molecular weight excluding hydrogens is 567 g/mol. The number of aryl methyl sites for hydroxylation is 1. The zero-order chi connectivity index (χ0) is 30.4. The molecule has 0 saturated carbocycles. The van der Waals surface area contributed by atoms with E-state index in [2.05, 4.69) is 14.5 Å². The van der Waals surface area contributed by atoms with Gasteiger partial charge >= 0.3 is 18.1 Å². The van der Waals surface area contributed by atoms with Crippen LogP contribution in [0.1, 0.15) is 15.9 Å². The molecule has 0 aliphatic carbocycles. The van der Waals surface area contributed by atoms with E-state index in [-0.39, 0.29) is 16.1 Å². The summed E-state index contributed by atoms with van der Waals surface area (Å²) in [6.45, 7) is 4.49. The van der Waals surface area contributed by atoms with Crippen molar-refractivity contribution in [2.45, 2.75) is 18.0 Å². The molecule has 1 heterocycles. The molecule has 0 atom stereocenters. The van der Waals surface area contributed by atoms with Crippen LogP contribution in [0.25, 0.3) is 0 Å². The zero-order valence-corrected chi connectivity index (χ0v) is 22.9. The van der Waals surface area contributed by atoms with Gasteiger partial charge in [-0.1, -0.05) is 18.2 Å². The number of alkyl halides is 3. The smallest absolute Gasteiger partial charge is 0.490 e. The van der Waals surface area contributed by atoms with Gasteiger partial charge in [0, 0.05) is 31.9 Å². The van der Waals surface area contributed by atoms with Crippen molar-refractivity contribution < 1.29 is 46.1 Å². The largest absolute Gasteiger partial charge is 0.497 e.